The Balaban J connectivity index is 2.65. The summed E-state index contributed by atoms with van der Waals surface area (Å²) >= 11 is 0. The zero-order valence-corrected chi connectivity index (χ0v) is 11.6. The molecule has 2 N–H and O–H groups in total. The third-order valence-corrected chi connectivity index (χ3v) is 4.23. The van der Waals surface area contributed by atoms with Crippen LogP contribution in [0.3, 0.4) is 0 Å². The molecule has 8 heteroatoms. The van der Waals surface area contributed by atoms with E-state index in [1.54, 1.807) is 0 Å². The number of sulfonamides is 1. The van der Waals surface area contributed by atoms with Crippen LogP contribution < -0.4 is 4.72 Å². The molecule has 0 fully saturated rings. The van der Waals surface area contributed by atoms with Crippen LogP contribution in [0.25, 0.3) is 0 Å². The molecule has 20 heavy (non-hydrogen) atoms. The summed E-state index contributed by atoms with van der Waals surface area (Å²) in [5.41, 5.74) is 0. The lowest BCUT2D eigenvalue weighted by Crippen LogP contribution is -2.27. The van der Waals surface area contributed by atoms with Gasteiger partial charge < -0.3 is 5.11 Å². The Bertz CT molecular complexity index is 569. The SMILES string of the molecule is CC(CCCNS(=O)(=O)c1c(F)cccc1F)C(=O)O. The van der Waals surface area contributed by atoms with E-state index in [2.05, 4.69) is 4.72 Å². The highest BCUT2D eigenvalue weighted by molar-refractivity contribution is 7.89. The van der Waals surface area contributed by atoms with Gasteiger partial charge in [0.05, 0.1) is 5.92 Å². The van der Waals surface area contributed by atoms with Crippen LogP contribution in [0.4, 0.5) is 8.78 Å². The molecular weight excluding hydrogens is 292 g/mol. The van der Waals surface area contributed by atoms with Crippen LogP contribution in [0, 0.1) is 17.6 Å². The van der Waals surface area contributed by atoms with Crippen molar-refractivity contribution < 1.29 is 27.1 Å². The molecule has 0 aliphatic heterocycles. The highest BCUT2D eigenvalue weighted by atomic mass is 32.2. The van der Waals surface area contributed by atoms with Crippen LogP contribution >= 0.6 is 0 Å². The zero-order chi connectivity index (χ0) is 15.3. The van der Waals surface area contributed by atoms with Crippen LogP contribution in [0.5, 0.6) is 0 Å². The number of carboxylic acids is 1. The largest absolute Gasteiger partial charge is 0.481 e. The summed E-state index contributed by atoms with van der Waals surface area (Å²) < 4.78 is 52.2. The fourth-order valence-electron chi connectivity index (χ4n) is 1.55. The van der Waals surface area contributed by atoms with Gasteiger partial charge in [0.2, 0.25) is 10.0 Å². The van der Waals surface area contributed by atoms with Crippen molar-refractivity contribution in [2.75, 3.05) is 6.54 Å². The molecule has 0 bridgehead atoms. The third kappa shape index (κ3) is 4.24. The number of nitrogens with one attached hydrogen (secondary N) is 1. The second kappa shape index (κ2) is 6.76. The van der Waals surface area contributed by atoms with E-state index in [1.165, 1.54) is 6.92 Å². The lowest BCUT2D eigenvalue weighted by molar-refractivity contribution is -0.141. The molecule has 5 nitrogen and oxygen atoms in total. The second-order valence-electron chi connectivity index (χ2n) is 4.33. The molecule has 1 atom stereocenters. The van der Waals surface area contributed by atoms with Crippen LogP contribution in [0.1, 0.15) is 19.8 Å². The first kappa shape index (κ1) is 16.5. The minimum absolute atomic E-state index is 0.0896. The molecule has 1 aromatic rings. The maximum Gasteiger partial charge on any atom is 0.306 e. The third-order valence-electron chi connectivity index (χ3n) is 2.72. The van der Waals surface area contributed by atoms with Crippen molar-refractivity contribution >= 4 is 16.0 Å². The average molecular weight is 307 g/mol. The molecule has 0 aromatic heterocycles. The van der Waals surface area contributed by atoms with E-state index in [1.807, 2.05) is 0 Å². The normalized spacial score (nSPS) is 13.2. The number of carboxylic acid groups (broad SMARTS) is 1. The predicted octanol–water partition coefficient (Wildman–Crippen LogP) is 1.74. The Morgan fingerprint density at radius 2 is 1.90 bits per heavy atom. The Morgan fingerprint density at radius 3 is 2.40 bits per heavy atom. The number of benzene rings is 1. The Morgan fingerprint density at radius 1 is 1.35 bits per heavy atom. The summed E-state index contributed by atoms with van der Waals surface area (Å²) in [6.45, 7) is 1.40. The highest BCUT2D eigenvalue weighted by Gasteiger charge is 2.23. The lowest BCUT2D eigenvalue weighted by Gasteiger charge is -2.09. The predicted molar refractivity (Wildman–Crippen MR) is 67.6 cm³/mol. The van der Waals surface area contributed by atoms with Gasteiger partial charge in [-0.25, -0.2) is 21.9 Å². The van der Waals surface area contributed by atoms with Crippen molar-refractivity contribution in [1.29, 1.82) is 0 Å². The van der Waals surface area contributed by atoms with Crippen molar-refractivity contribution in [3.05, 3.63) is 29.8 Å². The molecule has 0 heterocycles. The van der Waals surface area contributed by atoms with Gasteiger partial charge in [-0.2, -0.15) is 0 Å². The number of carbonyl (C=O) groups is 1. The van der Waals surface area contributed by atoms with Gasteiger partial charge in [0.25, 0.3) is 0 Å². The summed E-state index contributed by atoms with van der Waals surface area (Å²) in [6.07, 6.45) is 0.514. The lowest BCUT2D eigenvalue weighted by atomic mass is 10.1. The van der Waals surface area contributed by atoms with E-state index in [0.29, 0.717) is 0 Å². The van der Waals surface area contributed by atoms with Gasteiger partial charge in [-0.15, -0.1) is 0 Å². The van der Waals surface area contributed by atoms with Crippen LogP contribution in [0.15, 0.2) is 23.1 Å². The standard InChI is InChI=1S/C12H15F2NO4S/c1-8(12(16)17)4-3-7-15-20(18,19)11-9(13)5-2-6-10(11)14/h2,5-6,8,15H,3-4,7H2,1H3,(H,16,17). The van der Waals surface area contributed by atoms with Gasteiger partial charge in [-0.3, -0.25) is 4.79 Å². The van der Waals surface area contributed by atoms with E-state index in [0.717, 1.165) is 18.2 Å². The van der Waals surface area contributed by atoms with Crippen molar-refractivity contribution in [1.82, 2.24) is 4.72 Å². The molecule has 1 aromatic carbocycles. The van der Waals surface area contributed by atoms with Gasteiger partial charge in [-0.1, -0.05) is 13.0 Å². The summed E-state index contributed by atoms with van der Waals surface area (Å²) in [5, 5.41) is 8.65. The van der Waals surface area contributed by atoms with Gasteiger partial charge >= 0.3 is 5.97 Å². The molecule has 0 spiro atoms. The zero-order valence-electron chi connectivity index (χ0n) is 10.8. The van der Waals surface area contributed by atoms with E-state index in [4.69, 9.17) is 5.11 Å². The number of hydrogen-bond acceptors (Lipinski definition) is 3. The van der Waals surface area contributed by atoms with E-state index < -0.39 is 38.4 Å². The second-order valence-corrected chi connectivity index (χ2v) is 6.03. The van der Waals surface area contributed by atoms with Crippen molar-refractivity contribution in [2.24, 2.45) is 5.92 Å². The van der Waals surface area contributed by atoms with E-state index >= 15 is 0 Å². The first-order chi connectivity index (χ1) is 9.25. The molecule has 1 rings (SSSR count). The Hall–Kier alpha value is -1.54. The van der Waals surface area contributed by atoms with Gasteiger partial charge in [-0.05, 0) is 25.0 Å². The molecule has 0 aliphatic rings. The van der Waals surface area contributed by atoms with Crippen LogP contribution in [0.2, 0.25) is 0 Å². The van der Waals surface area contributed by atoms with Crippen molar-refractivity contribution in [3.63, 3.8) is 0 Å². The molecule has 0 saturated heterocycles. The molecule has 0 amide bonds. The molecule has 1 unspecified atom stereocenters. The fourth-order valence-corrected chi connectivity index (χ4v) is 2.76. The molecule has 0 saturated carbocycles. The molecule has 0 aliphatic carbocycles. The molecule has 0 radical (unpaired) electrons. The van der Waals surface area contributed by atoms with Crippen LogP contribution in [-0.2, 0) is 14.8 Å². The Labute approximate surface area is 115 Å². The topological polar surface area (TPSA) is 83.5 Å². The summed E-state index contributed by atoms with van der Waals surface area (Å²) in [6, 6.07) is 2.77. The minimum atomic E-state index is -4.29. The average Bonchev–Trinajstić information content (AvgIpc) is 2.33. The van der Waals surface area contributed by atoms with E-state index in [9.17, 15) is 22.0 Å². The first-order valence-corrected chi connectivity index (χ1v) is 7.40. The first-order valence-electron chi connectivity index (χ1n) is 5.92. The van der Waals surface area contributed by atoms with Crippen LogP contribution in [-0.4, -0.2) is 26.0 Å². The highest BCUT2D eigenvalue weighted by Crippen LogP contribution is 2.18. The quantitative estimate of drug-likeness (QED) is 0.752. The monoisotopic (exact) mass is 307 g/mol. The van der Waals surface area contributed by atoms with Gasteiger partial charge in [0.1, 0.15) is 11.6 Å². The number of hydrogen-bond donors (Lipinski definition) is 2. The molecule has 112 valence electrons. The Kier molecular flexibility index (Phi) is 5.58. The fraction of sp³-hybridized carbons (Fsp3) is 0.417. The van der Waals surface area contributed by atoms with Gasteiger partial charge in [0, 0.05) is 6.54 Å². The maximum atomic E-state index is 13.4. The number of aliphatic carboxylic acids is 1. The minimum Gasteiger partial charge on any atom is -0.481 e. The number of rotatable bonds is 7. The van der Waals surface area contributed by atoms with Crippen molar-refractivity contribution in [2.45, 2.75) is 24.7 Å². The number of halogens is 2. The summed E-state index contributed by atoms with van der Waals surface area (Å²) in [4.78, 5) is 9.54. The maximum absolute atomic E-state index is 13.4. The molecular formula is C12H15F2NO4S. The van der Waals surface area contributed by atoms with Gasteiger partial charge in [0.15, 0.2) is 4.90 Å². The summed E-state index contributed by atoms with van der Waals surface area (Å²) in [5.74, 6) is -3.93. The summed E-state index contributed by atoms with van der Waals surface area (Å²) in [7, 11) is -4.29. The van der Waals surface area contributed by atoms with Crippen molar-refractivity contribution in [3.8, 4) is 0 Å². The van der Waals surface area contributed by atoms with E-state index in [-0.39, 0.29) is 19.4 Å². The smallest absolute Gasteiger partial charge is 0.306 e.